The lowest BCUT2D eigenvalue weighted by molar-refractivity contribution is 0.0769. The first-order valence-electron chi connectivity index (χ1n) is 9.70. The molecule has 3 aromatic rings. The molecule has 1 atom stereocenters. The Balaban J connectivity index is 1.49. The van der Waals surface area contributed by atoms with E-state index in [0.29, 0.717) is 0 Å². The predicted molar refractivity (Wildman–Crippen MR) is 114 cm³/mol. The molecule has 0 fully saturated rings. The third kappa shape index (κ3) is 6.23. The van der Waals surface area contributed by atoms with Crippen LogP contribution in [0.5, 0.6) is 0 Å². The molecule has 0 spiro atoms. The Bertz CT molecular complexity index is 794. The van der Waals surface area contributed by atoms with E-state index in [4.69, 9.17) is 16.3 Å². The maximum atomic E-state index is 6.28. The number of rotatable bonds is 9. The summed E-state index contributed by atoms with van der Waals surface area (Å²) < 4.78 is 6.28. The molecule has 0 saturated heterocycles. The van der Waals surface area contributed by atoms with Crippen molar-refractivity contribution in [3.8, 4) is 0 Å². The monoisotopic (exact) mass is 378 g/mol. The molecule has 0 aliphatic rings. The fraction of sp³-hybridized carbons (Fsp3) is 0.280. The lowest BCUT2D eigenvalue weighted by atomic mass is 10.0. The van der Waals surface area contributed by atoms with Crippen LogP contribution in [0.1, 0.15) is 47.6 Å². The standard InChI is InChI=1S/C25H27ClO/c1-20-11-13-21(14-12-20)8-4-3-7-19-27-25(22-9-5-2-6-10-22)23-15-17-24(26)18-16-23/h2,5-6,9-18,25H,3-4,7-8,19H2,1H3. The largest absolute Gasteiger partial charge is 0.369 e. The first kappa shape index (κ1) is 19.7. The van der Waals surface area contributed by atoms with Gasteiger partial charge in [-0.3, -0.25) is 0 Å². The summed E-state index contributed by atoms with van der Waals surface area (Å²) in [5.74, 6) is 0. The van der Waals surface area contributed by atoms with Crippen molar-refractivity contribution in [3.63, 3.8) is 0 Å². The Morgan fingerprint density at radius 3 is 2.11 bits per heavy atom. The van der Waals surface area contributed by atoms with Crippen LogP contribution in [0.4, 0.5) is 0 Å². The van der Waals surface area contributed by atoms with Gasteiger partial charge in [-0.05, 0) is 55.0 Å². The van der Waals surface area contributed by atoms with Crippen molar-refractivity contribution >= 4 is 11.6 Å². The van der Waals surface area contributed by atoms with E-state index in [0.717, 1.165) is 30.0 Å². The van der Waals surface area contributed by atoms with E-state index < -0.39 is 0 Å². The third-order valence-electron chi connectivity index (χ3n) is 4.79. The zero-order chi connectivity index (χ0) is 18.9. The Labute approximate surface area is 168 Å². The molecule has 1 nitrogen and oxygen atoms in total. The summed E-state index contributed by atoms with van der Waals surface area (Å²) in [6.07, 6.45) is 4.54. The highest BCUT2D eigenvalue weighted by atomic mass is 35.5. The first-order chi connectivity index (χ1) is 13.2. The molecule has 2 heteroatoms. The molecule has 3 aromatic carbocycles. The molecule has 0 amide bonds. The van der Waals surface area contributed by atoms with Gasteiger partial charge in [0.15, 0.2) is 0 Å². The SMILES string of the molecule is Cc1ccc(CCCCCOC(c2ccccc2)c2ccc(Cl)cc2)cc1. The van der Waals surface area contributed by atoms with E-state index in [1.807, 2.05) is 18.2 Å². The van der Waals surface area contributed by atoms with E-state index in [1.54, 1.807) is 0 Å². The minimum absolute atomic E-state index is 0.0411. The average molecular weight is 379 g/mol. The number of halogens is 1. The van der Waals surface area contributed by atoms with E-state index >= 15 is 0 Å². The number of unbranched alkanes of at least 4 members (excludes halogenated alkanes) is 2. The van der Waals surface area contributed by atoms with Crippen molar-refractivity contribution < 1.29 is 4.74 Å². The second-order valence-corrected chi connectivity index (χ2v) is 7.45. The van der Waals surface area contributed by atoms with Gasteiger partial charge in [-0.1, -0.05) is 90.3 Å². The van der Waals surface area contributed by atoms with Gasteiger partial charge in [0, 0.05) is 11.6 Å². The summed E-state index contributed by atoms with van der Waals surface area (Å²) >= 11 is 6.04. The molecular formula is C25H27ClO. The maximum absolute atomic E-state index is 6.28. The van der Waals surface area contributed by atoms with Gasteiger partial charge in [-0.25, -0.2) is 0 Å². The highest BCUT2D eigenvalue weighted by Crippen LogP contribution is 2.27. The Kier molecular flexibility index (Phi) is 7.50. The average Bonchev–Trinajstić information content (AvgIpc) is 2.70. The summed E-state index contributed by atoms with van der Waals surface area (Å²) in [4.78, 5) is 0. The topological polar surface area (TPSA) is 9.23 Å². The van der Waals surface area contributed by atoms with Gasteiger partial charge >= 0.3 is 0 Å². The van der Waals surface area contributed by atoms with Crippen molar-refractivity contribution in [2.24, 2.45) is 0 Å². The van der Waals surface area contributed by atoms with Crippen molar-refractivity contribution in [2.45, 2.75) is 38.7 Å². The number of ether oxygens (including phenoxy) is 1. The lowest BCUT2D eigenvalue weighted by Crippen LogP contribution is -2.07. The van der Waals surface area contributed by atoms with E-state index in [1.165, 1.54) is 29.5 Å². The Morgan fingerprint density at radius 2 is 1.41 bits per heavy atom. The predicted octanol–water partition coefficient (Wildman–Crippen LogP) is 7.17. The quantitative estimate of drug-likeness (QED) is 0.358. The second-order valence-electron chi connectivity index (χ2n) is 7.01. The van der Waals surface area contributed by atoms with Crippen LogP contribution in [0.2, 0.25) is 5.02 Å². The van der Waals surface area contributed by atoms with Crippen LogP contribution in [0.25, 0.3) is 0 Å². The normalized spacial score (nSPS) is 12.1. The van der Waals surface area contributed by atoms with Gasteiger partial charge in [0.25, 0.3) is 0 Å². The summed E-state index contributed by atoms with van der Waals surface area (Å²) in [5, 5.41) is 0.752. The smallest absolute Gasteiger partial charge is 0.108 e. The number of hydrogen-bond donors (Lipinski definition) is 0. The fourth-order valence-electron chi connectivity index (χ4n) is 3.21. The van der Waals surface area contributed by atoms with Gasteiger partial charge in [-0.15, -0.1) is 0 Å². The molecule has 0 bridgehead atoms. The van der Waals surface area contributed by atoms with Crippen LogP contribution in [-0.4, -0.2) is 6.61 Å². The molecule has 0 saturated carbocycles. The molecule has 1 unspecified atom stereocenters. The molecule has 27 heavy (non-hydrogen) atoms. The number of hydrogen-bond acceptors (Lipinski definition) is 1. The minimum atomic E-state index is -0.0411. The molecular weight excluding hydrogens is 352 g/mol. The number of benzene rings is 3. The van der Waals surface area contributed by atoms with E-state index in [2.05, 4.69) is 67.6 Å². The van der Waals surface area contributed by atoms with E-state index in [-0.39, 0.29) is 6.10 Å². The highest BCUT2D eigenvalue weighted by molar-refractivity contribution is 6.30. The van der Waals surface area contributed by atoms with Gasteiger partial charge in [-0.2, -0.15) is 0 Å². The Hall–Kier alpha value is -2.09. The first-order valence-corrected chi connectivity index (χ1v) is 10.1. The van der Waals surface area contributed by atoms with Gasteiger partial charge < -0.3 is 4.74 Å². The van der Waals surface area contributed by atoms with Crippen LogP contribution in [0.15, 0.2) is 78.9 Å². The van der Waals surface area contributed by atoms with Crippen molar-refractivity contribution in [1.82, 2.24) is 0 Å². The van der Waals surface area contributed by atoms with Crippen LogP contribution in [-0.2, 0) is 11.2 Å². The lowest BCUT2D eigenvalue weighted by Gasteiger charge is -2.19. The van der Waals surface area contributed by atoms with Crippen LogP contribution in [0.3, 0.4) is 0 Å². The zero-order valence-electron chi connectivity index (χ0n) is 15.9. The molecule has 0 heterocycles. The molecule has 140 valence electrons. The summed E-state index contributed by atoms with van der Waals surface area (Å²) in [6.45, 7) is 2.89. The molecule has 0 radical (unpaired) electrons. The maximum Gasteiger partial charge on any atom is 0.108 e. The molecule has 3 rings (SSSR count). The van der Waals surface area contributed by atoms with Gasteiger partial charge in [0.05, 0.1) is 0 Å². The van der Waals surface area contributed by atoms with Gasteiger partial charge in [0.1, 0.15) is 6.10 Å². The fourth-order valence-corrected chi connectivity index (χ4v) is 3.34. The number of aryl methyl sites for hydroxylation is 2. The molecule has 0 aliphatic heterocycles. The summed E-state index contributed by atoms with van der Waals surface area (Å²) in [6, 6.07) is 27.2. The second kappa shape index (κ2) is 10.3. The van der Waals surface area contributed by atoms with Crippen molar-refractivity contribution in [3.05, 3.63) is 106 Å². The minimum Gasteiger partial charge on any atom is -0.369 e. The molecule has 0 aromatic heterocycles. The summed E-state index contributed by atoms with van der Waals surface area (Å²) in [5.41, 5.74) is 5.07. The molecule has 0 aliphatic carbocycles. The van der Waals surface area contributed by atoms with Crippen molar-refractivity contribution in [1.29, 1.82) is 0 Å². The molecule has 0 N–H and O–H groups in total. The summed E-state index contributed by atoms with van der Waals surface area (Å²) in [7, 11) is 0. The van der Waals surface area contributed by atoms with Crippen LogP contribution >= 0.6 is 11.6 Å². The Morgan fingerprint density at radius 1 is 0.741 bits per heavy atom. The van der Waals surface area contributed by atoms with Crippen LogP contribution < -0.4 is 0 Å². The zero-order valence-corrected chi connectivity index (χ0v) is 16.7. The van der Waals surface area contributed by atoms with Crippen LogP contribution in [0, 0.1) is 6.92 Å². The van der Waals surface area contributed by atoms with Gasteiger partial charge in [0.2, 0.25) is 0 Å². The highest BCUT2D eigenvalue weighted by Gasteiger charge is 2.14. The third-order valence-corrected chi connectivity index (χ3v) is 5.04. The van der Waals surface area contributed by atoms with E-state index in [9.17, 15) is 0 Å². The van der Waals surface area contributed by atoms with Crippen molar-refractivity contribution in [2.75, 3.05) is 6.61 Å².